The highest BCUT2D eigenvalue weighted by Crippen LogP contribution is 2.34. The monoisotopic (exact) mass is 396 g/mol. The average Bonchev–Trinajstić information content (AvgIpc) is 2.76. The van der Waals surface area contributed by atoms with Gasteiger partial charge in [0, 0.05) is 23.7 Å². The van der Waals surface area contributed by atoms with E-state index in [1.54, 1.807) is 23.2 Å². The number of Topliss-reactive ketones (excluding diaryl/α,β-unsaturated/α-hetero) is 1. The fourth-order valence-corrected chi connectivity index (χ4v) is 4.13. The van der Waals surface area contributed by atoms with Crippen molar-refractivity contribution >= 4 is 11.9 Å². The Labute approximate surface area is 169 Å². The number of hydrogen-bond acceptors (Lipinski definition) is 6. The molecular weight excluding hydrogens is 372 g/mol. The van der Waals surface area contributed by atoms with Crippen LogP contribution in [0.3, 0.4) is 0 Å². The van der Waals surface area contributed by atoms with Crippen LogP contribution in [0, 0.1) is 5.92 Å². The molecule has 2 saturated heterocycles. The summed E-state index contributed by atoms with van der Waals surface area (Å²) < 4.78 is 16.3. The SMILES string of the molecule is COc1cc(C(=O)C2CC3COCC(C2)N3C(=O)OCc2ccccc2)ccn1. The van der Waals surface area contributed by atoms with Crippen LogP contribution < -0.4 is 4.74 Å². The normalized spacial score (nSPS) is 23.3. The van der Waals surface area contributed by atoms with Gasteiger partial charge in [-0.15, -0.1) is 0 Å². The van der Waals surface area contributed by atoms with Crippen LogP contribution in [0.4, 0.5) is 4.79 Å². The van der Waals surface area contributed by atoms with E-state index in [0.717, 1.165) is 5.56 Å². The lowest BCUT2D eigenvalue weighted by Crippen LogP contribution is -2.59. The highest BCUT2D eigenvalue weighted by atomic mass is 16.6. The lowest BCUT2D eigenvalue weighted by Gasteiger charge is -2.47. The second kappa shape index (κ2) is 8.61. The number of carbonyl (C=O) groups is 2. The lowest BCUT2D eigenvalue weighted by molar-refractivity contribution is -0.0755. The average molecular weight is 396 g/mol. The molecule has 7 heteroatoms. The Morgan fingerprint density at radius 2 is 1.86 bits per heavy atom. The molecule has 0 radical (unpaired) electrons. The van der Waals surface area contributed by atoms with Crippen LogP contribution in [-0.2, 0) is 16.1 Å². The summed E-state index contributed by atoms with van der Waals surface area (Å²) in [7, 11) is 1.53. The van der Waals surface area contributed by atoms with Crippen LogP contribution in [0.1, 0.15) is 28.8 Å². The van der Waals surface area contributed by atoms with Gasteiger partial charge in [0.15, 0.2) is 5.78 Å². The van der Waals surface area contributed by atoms with Crippen LogP contribution in [0.25, 0.3) is 0 Å². The number of ketones is 1. The quantitative estimate of drug-likeness (QED) is 0.723. The van der Waals surface area contributed by atoms with Crippen LogP contribution >= 0.6 is 0 Å². The number of rotatable bonds is 5. The molecule has 1 amide bonds. The molecule has 2 aromatic rings. The van der Waals surface area contributed by atoms with E-state index in [1.165, 1.54) is 7.11 Å². The van der Waals surface area contributed by atoms with Gasteiger partial charge in [-0.2, -0.15) is 0 Å². The lowest BCUT2D eigenvalue weighted by atomic mass is 9.81. The largest absolute Gasteiger partial charge is 0.481 e. The van der Waals surface area contributed by atoms with Gasteiger partial charge < -0.3 is 14.2 Å². The van der Waals surface area contributed by atoms with Crippen molar-refractivity contribution in [3.05, 3.63) is 59.8 Å². The van der Waals surface area contributed by atoms with Crippen LogP contribution in [-0.4, -0.2) is 54.2 Å². The van der Waals surface area contributed by atoms with Crippen molar-refractivity contribution in [3.8, 4) is 5.88 Å². The molecule has 7 nitrogen and oxygen atoms in total. The molecule has 0 aliphatic carbocycles. The molecule has 1 aromatic heterocycles. The molecule has 29 heavy (non-hydrogen) atoms. The Balaban J connectivity index is 1.43. The van der Waals surface area contributed by atoms with Crippen molar-refractivity contribution in [2.24, 2.45) is 5.92 Å². The molecule has 2 aliphatic rings. The Morgan fingerprint density at radius 3 is 2.55 bits per heavy atom. The number of benzene rings is 1. The summed E-state index contributed by atoms with van der Waals surface area (Å²) in [6.45, 7) is 1.07. The maximum absolute atomic E-state index is 13.0. The van der Waals surface area contributed by atoms with Gasteiger partial charge in [0.05, 0.1) is 32.4 Å². The molecule has 2 atom stereocenters. The highest BCUT2D eigenvalue weighted by Gasteiger charge is 2.44. The maximum Gasteiger partial charge on any atom is 0.410 e. The van der Waals surface area contributed by atoms with E-state index in [9.17, 15) is 9.59 Å². The van der Waals surface area contributed by atoms with E-state index in [0.29, 0.717) is 37.5 Å². The third kappa shape index (κ3) is 4.24. The fraction of sp³-hybridized carbons (Fsp3) is 0.409. The number of pyridine rings is 1. The summed E-state index contributed by atoms with van der Waals surface area (Å²) >= 11 is 0. The van der Waals surface area contributed by atoms with E-state index in [4.69, 9.17) is 14.2 Å². The zero-order valence-corrected chi connectivity index (χ0v) is 16.3. The van der Waals surface area contributed by atoms with Gasteiger partial charge in [-0.05, 0) is 24.5 Å². The second-order valence-electron chi connectivity index (χ2n) is 7.41. The highest BCUT2D eigenvalue weighted by molar-refractivity contribution is 5.98. The van der Waals surface area contributed by atoms with E-state index < -0.39 is 0 Å². The zero-order chi connectivity index (χ0) is 20.2. The number of carbonyl (C=O) groups excluding carboxylic acids is 2. The van der Waals surface area contributed by atoms with Crippen molar-refractivity contribution in [1.29, 1.82) is 0 Å². The van der Waals surface area contributed by atoms with E-state index in [-0.39, 0.29) is 36.5 Å². The summed E-state index contributed by atoms with van der Waals surface area (Å²) in [5.74, 6) is 0.306. The summed E-state index contributed by atoms with van der Waals surface area (Å²) in [4.78, 5) is 31.6. The topological polar surface area (TPSA) is 78.0 Å². The maximum atomic E-state index is 13.0. The Hall–Kier alpha value is -2.93. The number of nitrogens with zero attached hydrogens (tertiary/aromatic N) is 2. The molecule has 1 aromatic carbocycles. The number of ether oxygens (including phenoxy) is 3. The van der Waals surface area contributed by atoms with E-state index in [2.05, 4.69) is 4.98 Å². The van der Waals surface area contributed by atoms with E-state index in [1.807, 2.05) is 30.3 Å². The molecule has 2 bridgehead atoms. The first-order chi connectivity index (χ1) is 14.2. The fourth-order valence-electron chi connectivity index (χ4n) is 4.13. The predicted octanol–water partition coefficient (Wildman–Crippen LogP) is 3.09. The summed E-state index contributed by atoms with van der Waals surface area (Å²) in [5.41, 5.74) is 1.53. The summed E-state index contributed by atoms with van der Waals surface area (Å²) in [6, 6.07) is 12.6. The second-order valence-corrected chi connectivity index (χ2v) is 7.41. The first-order valence-electron chi connectivity index (χ1n) is 9.76. The predicted molar refractivity (Wildman–Crippen MR) is 105 cm³/mol. The molecule has 0 spiro atoms. The number of hydrogen-bond donors (Lipinski definition) is 0. The molecule has 152 valence electrons. The molecule has 2 aliphatic heterocycles. The van der Waals surface area contributed by atoms with Crippen molar-refractivity contribution in [2.45, 2.75) is 31.5 Å². The van der Waals surface area contributed by atoms with Crippen molar-refractivity contribution < 1.29 is 23.8 Å². The Kier molecular flexibility index (Phi) is 5.76. The molecule has 0 saturated carbocycles. The summed E-state index contributed by atoms with van der Waals surface area (Å²) in [6.07, 6.45) is 2.34. The van der Waals surface area contributed by atoms with Gasteiger partial charge in [0.25, 0.3) is 0 Å². The third-order valence-electron chi connectivity index (χ3n) is 5.54. The number of aromatic nitrogens is 1. The van der Waals surface area contributed by atoms with Gasteiger partial charge in [0.1, 0.15) is 6.61 Å². The number of fused-ring (bicyclic) bond motifs is 2. The van der Waals surface area contributed by atoms with Crippen LogP contribution in [0.5, 0.6) is 5.88 Å². The number of piperidine rings is 1. The Bertz CT molecular complexity index is 859. The van der Waals surface area contributed by atoms with Gasteiger partial charge in [0.2, 0.25) is 5.88 Å². The first kappa shape index (κ1) is 19.4. The number of amides is 1. The molecule has 3 heterocycles. The van der Waals surface area contributed by atoms with Gasteiger partial charge >= 0.3 is 6.09 Å². The molecule has 2 fully saturated rings. The van der Waals surface area contributed by atoms with Crippen molar-refractivity contribution in [3.63, 3.8) is 0 Å². The molecular formula is C22H24N2O5. The van der Waals surface area contributed by atoms with Crippen LogP contribution in [0.15, 0.2) is 48.7 Å². The number of morpholine rings is 1. The minimum Gasteiger partial charge on any atom is -0.481 e. The van der Waals surface area contributed by atoms with Gasteiger partial charge in [-0.1, -0.05) is 30.3 Å². The Morgan fingerprint density at radius 1 is 1.14 bits per heavy atom. The zero-order valence-electron chi connectivity index (χ0n) is 16.3. The number of methoxy groups -OCH3 is 1. The van der Waals surface area contributed by atoms with Gasteiger partial charge in [-0.25, -0.2) is 9.78 Å². The van der Waals surface area contributed by atoms with Crippen molar-refractivity contribution in [1.82, 2.24) is 9.88 Å². The minimum absolute atomic E-state index is 0.0555. The van der Waals surface area contributed by atoms with Gasteiger partial charge in [-0.3, -0.25) is 9.69 Å². The smallest absolute Gasteiger partial charge is 0.410 e. The molecule has 0 N–H and O–H groups in total. The minimum atomic E-state index is -0.344. The third-order valence-corrected chi connectivity index (χ3v) is 5.54. The van der Waals surface area contributed by atoms with E-state index >= 15 is 0 Å². The first-order valence-corrected chi connectivity index (χ1v) is 9.76. The molecule has 2 unspecified atom stereocenters. The summed E-state index contributed by atoms with van der Waals surface area (Å²) in [5, 5.41) is 0. The standard InChI is InChI=1S/C22H24N2O5/c1-27-20-11-16(7-8-23-20)21(25)17-9-18-13-28-14-19(10-17)24(18)22(26)29-12-15-5-3-2-4-6-15/h2-8,11,17-19H,9-10,12-14H2,1H3. The molecule has 4 rings (SSSR count). The van der Waals surface area contributed by atoms with Crippen molar-refractivity contribution in [2.75, 3.05) is 20.3 Å². The van der Waals surface area contributed by atoms with Crippen LogP contribution in [0.2, 0.25) is 0 Å².